The smallest absolute Gasteiger partial charge is 0.310 e. The number of carbonyl (C=O) groups is 1. The second-order valence-electron chi connectivity index (χ2n) is 5.42. The van der Waals surface area contributed by atoms with Crippen LogP contribution in [0.15, 0.2) is 30.5 Å². The third kappa shape index (κ3) is 2.42. The van der Waals surface area contributed by atoms with Crippen LogP contribution in [0, 0.1) is 5.92 Å². The number of aromatic nitrogens is 1. The molecular formula is C15H18N2O3. The maximum atomic E-state index is 11.0. The van der Waals surface area contributed by atoms with Crippen molar-refractivity contribution in [3.8, 4) is 0 Å². The van der Waals surface area contributed by atoms with Gasteiger partial charge in [0.25, 0.3) is 0 Å². The van der Waals surface area contributed by atoms with Crippen LogP contribution in [0.1, 0.15) is 12.0 Å². The fourth-order valence-corrected chi connectivity index (χ4v) is 2.94. The Morgan fingerprint density at radius 2 is 2.15 bits per heavy atom. The molecule has 1 aliphatic rings. The summed E-state index contributed by atoms with van der Waals surface area (Å²) >= 11 is 0. The first-order valence-electron chi connectivity index (χ1n) is 6.84. The summed E-state index contributed by atoms with van der Waals surface area (Å²) in [6.07, 6.45) is 2.47. The topological polar surface area (TPSA) is 85.4 Å². The zero-order valence-corrected chi connectivity index (χ0v) is 11.0. The molecule has 5 nitrogen and oxygen atoms in total. The van der Waals surface area contributed by atoms with Gasteiger partial charge in [-0.3, -0.25) is 4.79 Å². The van der Waals surface area contributed by atoms with E-state index in [0.717, 1.165) is 11.9 Å². The molecule has 3 rings (SSSR count). The molecule has 0 aliphatic carbocycles. The van der Waals surface area contributed by atoms with Crippen molar-refractivity contribution in [3.63, 3.8) is 0 Å². The van der Waals surface area contributed by atoms with E-state index in [4.69, 9.17) is 5.11 Å². The Kier molecular flexibility index (Phi) is 3.46. The Morgan fingerprint density at radius 1 is 1.35 bits per heavy atom. The molecule has 0 radical (unpaired) electrons. The first-order valence-corrected chi connectivity index (χ1v) is 6.84. The van der Waals surface area contributed by atoms with Crippen molar-refractivity contribution in [2.24, 2.45) is 5.92 Å². The number of aliphatic hydroxyl groups is 1. The van der Waals surface area contributed by atoms with Crippen molar-refractivity contribution in [2.75, 3.05) is 6.54 Å². The number of benzene rings is 1. The molecule has 1 aromatic carbocycles. The number of para-hydroxylation sites is 1. The van der Waals surface area contributed by atoms with Crippen LogP contribution in [-0.2, 0) is 11.2 Å². The van der Waals surface area contributed by atoms with Crippen LogP contribution >= 0.6 is 0 Å². The van der Waals surface area contributed by atoms with Gasteiger partial charge in [0.05, 0.1) is 12.0 Å². The Morgan fingerprint density at radius 3 is 2.90 bits per heavy atom. The summed E-state index contributed by atoms with van der Waals surface area (Å²) in [5.41, 5.74) is 2.29. The van der Waals surface area contributed by atoms with Crippen LogP contribution < -0.4 is 5.32 Å². The van der Waals surface area contributed by atoms with Crippen LogP contribution in [0.5, 0.6) is 0 Å². The number of carboxylic acid groups (broad SMARTS) is 1. The largest absolute Gasteiger partial charge is 0.481 e. The van der Waals surface area contributed by atoms with Gasteiger partial charge < -0.3 is 20.5 Å². The number of aliphatic hydroxyl groups excluding tert-OH is 1. The summed E-state index contributed by atoms with van der Waals surface area (Å²) < 4.78 is 0. The first kappa shape index (κ1) is 13.1. The van der Waals surface area contributed by atoms with E-state index < -0.39 is 18.0 Å². The first-order chi connectivity index (χ1) is 9.65. The molecule has 3 unspecified atom stereocenters. The molecule has 4 N–H and O–H groups in total. The van der Waals surface area contributed by atoms with Gasteiger partial charge in [-0.2, -0.15) is 0 Å². The number of H-pyrrole nitrogens is 1. The molecule has 0 amide bonds. The van der Waals surface area contributed by atoms with Gasteiger partial charge in [0.2, 0.25) is 0 Å². The van der Waals surface area contributed by atoms with Crippen LogP contribution in [0.25, 0.3) is 10.9 Å². The number of carboxylic acids is 1. The number of piperidine rings is 1. The molecule has 20 heavy (non-hydrogen) atoms. The summed E-state index contributed by atoms with van der Waals surface area (Å²) in [7, 11) is 0. The Labute approximate surface area is 116 Å². The predicted molar refractivity (Wildman–Crippen MR) is 75.5 cm³/mol. The molecule has 2 heterocycles. The second-order valence-corrected chi connectivity index (χ2v) is 5.42. The average Bonchev–Trinajstić information content (AvgIpc) is 2.82. The highest BCUT2D eigenvalue weighted by molar-refractivity contribution is 5.83. The number of hydrogen-bond donors (Lipinski definition) is 4. The molecule has 0 bridgehead atoms. The van der Waals surface area contributed by atoms with Gasteiger partial charge in [0, 0.05) is 29.7 Å². The third-order valence-corrected chi connectivity index (χ3v) is 4.08. The van der Waals surface area contributed by atoms with Gasteiger partial charge in [-0.15, -0.1) is 0 Å². The number of fused-ring (bicyclic) bond motifs is 1. The highest BCUT2D eigenvalue weighted by Gasteiger charge is 2.33. The van der Waals surface area contributed by atoms with Crippen molar-refractivity contribution < 1.29 is 15.0 Å². The molecule has 106 valence electrons. The Balaban J connectivity index is 1.72. The lowest BCUT2D eigenvalue weighted by Crippen LogP contribution is -2.50. The van der Waals surface area contributed by atoms with E-state index >= 15 is 0 Å². The van der Waals surface area contributed by atoms with E-state index in [1.165, 1.54) is 10.9 Å². The Hall–Kier alpha value is -1.85. The maximum Gasteiger partial charge on any atom is 0.310 e. The quantitative estimate of drug-likeness (QED) is 0.676. The molecule has 0 saturated carbocycles. The predicted octanol–water partition coefficient (Wildman–Crippen LogP) is 1.13. The monoisotopic (exact) mass is 274 g/mol. The van der Waals surface area contributed by atoms with E-state index in [2.05, 4.69) is 16.4 Å². The number of rotatable bonds is 3. The van der Waals surface area contributed by atoms with Crippen molar-refractivity contribution >= 4 is 16.9 Å². The summed E-state index contributed by atoms with van der Waals surface area (Å²) in [6, 6.07) is 8.20. The van der Waals surface area contributed by atoms with Crippen molar-refractivity contribution in [1.82, 2.24) is 10.3 Å². The minimum absolute atomic E-state index is 0.111. The number of hydrogen-bond acceptors (Lipinski definition) is 3. The van der Waals surface area contributed by atoms with Gasteiger partial charge in [-0.05, 0) is 24.5 Å². The van der Waals surface area contributed by atoms with Gasteiger partial charge in [0.15, 0.2) is 0 Å². The lowest BCUT2D eigenvalue weighted by atomic mass is 9.89. The Bertz CT molecular complexity index is 622. The van der Waals surface area contributed by atoms with Gasteiger partial charge >= 0.3 is 5.97 Å². The standard InChI is InChI=1S/C15H18N2O3/c18-14-6-10(16-8-12(14)15(19)20)5-9-7-17-13-4-2-1-3-11(9)13/h1-4,7,10,12,14,16-18H,5-6,8H2,(H,19,20). The number of aliphatic carboxylic acids is 1. The maximum absolute atomic E-state index is 11.0. The molecular weight excluding hydrogens is 256 g/mol. The SMILES string of the molecule is O=C(O)C1CNC(Cc2c[nH]c3ccccc23)CC1O. The van der Waals surface area contributed by atoms with E-state index in [9.17, 15) is 9.90 Å². The average molecular weight is 274 g/mol. The number of aromatic amines is 1. The fraction of sp³-hybridized carbons (Fsp3) is 0.400. The molecule has 1 aromatic heterocycles. The van der Waals surface area contributed by atoms with E-state index in [-0.39, 0.29) is 6.04 Å². The molecule has 2 aromatic rings. The van der Waals surface area contributed by atoms with E-state index in [1.54, 1.807) is 0 Å². The van der Waals surface area contributed by atoms with Gasteiger partial charge in [-0.1, -0.05) is 18.2 Å². The lowest BCUT2D eigenvalue weighted by molar-refractivity contribution is -0.147. The van der Waals surface area contributed by atoms with Crippen LogP contribution in [0.4, 0.5) is 0 Å². The molecule has 1 fully saturated rings. The summed E-state index contributed by atoms with van der Waals surface area (Å²) in [4.78, 5) is 14.2. The summed E-state index contributed by atoms with van der Waals surface area (Å²) in [5.74, 6) is -1.63. The summed E-state index contributed by atoms with van der Waals surface area (Å²) in [6.45, 7) is 0.323. The molecule has 1 saturated heterocycles. The van der Waals surface area contributed by atoms with Gasteiger partial charge in [0.1, 0.15) is 0 Å². The van der Waals surface area contributed by atoms with Crippen LogP contribution in [-0.4, -0.2) is 39.9 Å². The third-order valence-electron chi connectivity index (χ3n) is 4.08. The van der Waals surface area contributed by atoms with Crippen LogP contribution in [0.2, 0.25) is 0 Å². The minimum Gasteiger partial charge on any atom is -0.481 e. The van der Waals surface area contributed by atoms with Crippen LogP contribution in [0.3, 0.4) is 0 Å². The molecule has 3 atom stereocenters. The van der Waals surface area contributed by atoms with E-state index in [1.807, 2.05) is 24.4 Å². The minimum atomic E-state index is -0.935. The van der Waals surface area contributed by atoms with Crippen molar-refractivity contribution in [1.29, 1.82) is 0 Å². The van der Waals surface area contributed by atoms with Crippen molar-refractivity contribution in [2.45, 2.75) is 25.0 Å². The normalized spacial score (nSPS) is 26.8. The van der Waals surface area contributed by atoms with E-state index in [0.29, 0.717) is 13.0 Å². The second kappa shape index (κ2) is 5.26. The van der Waals surface area contributed by atoms with Crippen molar-refractivity contribution in [3.05, 3.63) is 36.0 Å². The molecule has 0 spiro atoms. The lowest BCUT2D eigenvalue weighted by Gasteiger charge is -2.31. The highest BCUT2D eigenvalue weighted by Crippen LogP contribution is 2.23. The summed E-state index contributed by atoms with van der Waals surface area (Å²) in [5, 5.41) is 23.3. The fourth-order valence-electron chi connectivity index (χ4n) is 2.94. The zero-order chi connectivity index (χ0) is 14.1. The van der Waals surface area contributed by atoms with Gasteiger partial charge in [-0.25, -0.2) is 0 Å². The highest BCUT2D eigenvalue weighted by atomic mass is 16.4. The number of nitrogens with one attached hydrogen (secondary N) is 2. The molecule has 1 aliphatic heterocycles. The zero-order valence-electron chi connectivity index (χ0n) is 11.0. The molecule has 5 heteroatoms.